The smallest absolute Gasteiger partial charge is 0.250 e. The fourth-order valence-corrected chi connectivity index (χ4v) is 5.17. The first-order valence-corrected chi connectivity index (χ1v) is 12.3. The third-order valence-electron chi connectivity index (χ3n) is 6.74. The summed E-state index contributed by atoms with van der Waals surface area (Å²) >= 11 is 0. The molecule has 39 heavy (non-hydrogen) atoms. The fourth-order valence-electron chi connectivity index (χ4n) is 5.17. The van der Waals surface area contributed by atoms with Gasteiger partial charge >= 0.3 is 0 Å². The number of aromatic amines is 1. The van der Waals surface area contributed by atoms with Crippen LogP contribution in [0.4, 0.5) is 10.1 Å². The third kappa shape index (κ3) is 4.49. The monoisotopic (exact) mass is 523 g/mol. The van der Waals surface area contributed by atoms with Crippen molar-refractivity contribution in [1.82, 2.24) is 14.5 Å². The number of amides is 1. The van der Waals surface area contributed by atoms with Gasteiger partial charge in [0.25, 0.3) is 5.91 Å². The number of fused-ring (bicyclic) bond motifs is 4. The molecule has 0 unspecified atom stereocenters. The number of nitrogens with two attached hydrogens (primary N) is 1. The van der Waals surface area contributed by atoms with E-state index in [0.717, 1.165) is 33.1 Å². The van der Waals surface area contributed by atoms with E-state index in [4.69, 9.17) is 15.5 Å². The van der Waals surface area contributed by atoms with Gasteiger partial charge in [0, 0.05) is 40.9 Å². The van der Waals surface area contributed by atoms with E-state index in [0.29, 0.717) is 34.7 Å². The summed E-state index contributed by atoms with van der Waals surface area (Å²) in [5.74, 6) is -0.153. The summed E-state index contributed by atoms with van der Waals surface area (Å²) in [4.78, 5) is 20.2. The number of benzene rings is 4. The lowest BCUT2D eigenvalue weighted by molar-refractivity contribution is 0.100. The van der Waals surface area contributed by atoms with E-state index in [1.165, 1.54) is 12.1 Å². The van der Waals surface area contributed by atoms with E-state index in [1.54, 1.807) is 19.2 Å². The molecule has 1 amide bonds. The number of para-hydroxylation sites is 1. The topological polar surface area (TPSA) is 98.0 Å². The standard InChI is InChI=1S/C30H26FN5O2.CH4/c1-17(16-38-2)33-24-15-19(11-12-20(24)29(32)37)36-26-8-4-3-6-21(26)28-22(7-5-9-27(28)36)30-34-23-13-10-18(31)14-25(23)35-30;/h3-15,17,33H,16H2,1-2H3,(H2,32,37)(H,34,35);1H4/t17-;/m0./s1. The van der Waals surface area contributed by atoms with Crippen molar-refractivity contribution in [3.63, 3.8) is 0 Å². The predicted molar refractivity (Wildman–Crippen MR) is 156 cm³/mol. The number of ether oxygens (including phenoxy) is 1. The lowest BCUT2D eigenvalue weighted by Gasteiger charge is -2.18. The molecular formula is C31H30FN5O2. The molecule has 4 N–H and O–H groups in total. The average Bonchev–Trinajstić information content (AvgIpc) is 3.47. The SMILES string of the molecule is C.COC[C@H](C)Nc1cc(-n2c3ccccc3c3c(-c4nc5ccc(F)cc5[nH]4)cccc32)ccc1C(N)=O. The number of primary amides is 1. The first kappa shape index (κ1) is 25.9. The van der Waals surface area contributed by atoms with Gasteiger partial charge < -0.3 is 25.3 Å². The molecule has 0 bridgehead atoms. The first-order chi connectivity index (χ1) is 18.4. The molecule has 0 saturated carbocycles. The van der Waals surface area contributed by atoms with Crippen LogP contribution in [0.5, 0.6) is 0 Å². The summed E-state index contributed by atoms with van der Waals surface area (Å²) in [5, 5.41) is 5.43. The molecule has 0 saturated heterocycles. The van der Waals surface area contributed by atoms with Gasteiger partial charge in [0.15, 0.2) is 0 Å². The summed E-state index contributed by atoms with van der Waals surface area (Å²) in [6.07, 6.45) is 0. The number of nitrogens with one attached hydrogen (secondary N) is 2. The van der Waals surface area contributed by atoms with Crippen molar-refractivity contribution in [3.05, 3.63) is 90.2 Å². The van der Waals surface area contributed by atoms with Crippen molar-refractivity contribution >= 4 is 44.4 Å². The molecule has 0 radical (unpaired) electrons. The van der Waals surface area contributed by atoms with Crippen molar-refractivity contribution < 1.29 is 13.9 Å². The molecule has 2 heterocycles. The quantitative estimate of drug-likeness (QED) is 0.218. The van der Waals surface area contributed by atoms with Crippen LogP contribution < -0.4 is 11.1 Å². The van der Waals surface area contributed by atoms with E-state index in [2.05, 4.69) is 33.1 Å². The molecule has 0 aliphatic carbocycles. The Morgan fingerprint density at radius 2 is 1.87 bits per heavy atom. The minimum Gasteiger partial charge on any atom is -0.383 e. The van der Waals surface area contributed by atoms with Gasteiger partial charge in [-0.25, -0.2) is 9.37 Å². The van der Waals surface area contributed by atoms with Crippen LogP contribution in [0.25, 0.3) is 49.9 Å². The molecule has 0 aliphatic heterocycles. The molecule has 8 heteroatoms. The highest BCUT2D eigenvalue weighted by atomic mass is 19.1. The molecule has 1 atom stereocenters. The van der Waals surface area contributed by atoms with E-state index < -0.39 is 5.91 Å². The Balaban J connectivity index is 0.00000308. The van der Waals surface area contributed by atoms with Crippen LogP contribution in [0.3, 0.4) is 0 Å². The number of carbonyl (C=O) groups excluding carboxylic acids is 1. The molecule has 0 spiro atoms. The number of hydrogen-bond acceptors (Lipinski definition) is 4. The van der Waals surface area contributed by atoms with Crippen LogP contribution in [0.1, 0.15) is 24.7 Å². The van der Waals surface area contributed by atoms with Crippen molar-refractivity contribution in [2.75, 3.05) is 19.0 Å². The Labute approximate surface area is 225 Å². The molecule has 4 aromatic carbocycles. The number of carbonyl (C=O) groups is 1. The largest absolute Gasteiger partial charge is 0.383 e. The first-order valence-electron chi connectivity index (χ1n) is 12.3. The van der Waals surface area contributed by atoms with E-state index in [-0.39, 0.29) is 19.3 Å². The number of anilines is 1. The second-order valence-electron chi connectivity index (χ2n) is 9.39. The Hall–Kier alpha value is -4.69. The third-order valence-corrected chi connectivity index (χ3v) is 6.74. The normalized spacial score (nSPS) is 12.1. The van der Waals surface area contributed by atoms with Crippen molar-refractivity contribution in [2.45, 2.75) is 20.4 Å². The highest BCUT2D eigenvalue weighted by molar-refractivity contribution is 6.15. The van der Waals surface area contributed by atoms with Crippen LogP contribution in [-0.2, 0) is 4.74 Å². The molecule has 2 aromatic heterocycles. The summed E-state index contributed by atoms with van der Waals surface area (Å²) in [5.41, 5.74) is 11.8. The maximum atomic E-state index is 13.8. The fraction of sp³-hybridized carbons (Fsp3) is 0.161. The van der Waals surface area contributed by atoms with Crippen molar-refractivity contribution in [2.24, 2.45) is 5.73 Å². The molecule has 0 aliphatic rings. The van der Waals surface area contributed by atoms with Crippen LogP contribution >= 0.6 is 0 Å². The minimum atomic E-state index is -0.505. The van der Waals surface area contributed by atoms with Gasteiger partial charge in [-0.2, -0.15) is 0 Å². The highest BCUT2D eigenvalue weighted by Gasteiger charge is 2.19. The summed E-state index contributed by atoms with van der Waals surface area (Å²) in [6.45, 7) is 2.45. The lowest BCUT2D eigenvalue weighted by Crippen LogP contribution is -2.23. The van der Waals surface area contributed by atoms with Crippen LogP contribution in [-0.4, -0.2) is 40.2 Å². The minimum absolute atomic E-state index is 0. The van der Waals surface area contributed by atoms with Crippen LogP contribution in [0.2, 0.25) is 0 Å². The van der Waals surface area contributed by atoms with Gasteiger partial charge in [0.2, 0.25) is 0 Å². The zero-order chi connectivity index (χ0) is 26.4. The van der Waals surface area contributed by atoms with Crippen LogP contribution in [0.15, 0.2) is 78.9 Å². The van der Waals surface area contributed by atoms with E-state index >= 15 is 0 Å². The van der Waals surface area contributed by atoms with Gasteiger partial charge in [-0.1, -0.05) is 37.8 Å². The Morgan fingerprint density at radius 1 is 1.08 bits per heavy atom. The van der Waals surface area contributed by atoms with Gasteiger partial charge in [-0.05, 0) is 55.5 Å². The molecule has 6 aromatic rings. The molecule has 0 fully saturated rings. The second kappa shape index (κ2) is 10.2. The second-order valence-corrected chi connectivity index (χ2v) is 9.39. The number of rotatable bonds is 7. The molecule has 7 nitrogen and oxygen atoms in total. The number of methoxy groups -OCH3 is 1. The Bertz CT molecular complexity index is 1840. The number of aromatic nitrogens is 3. The number of halogens is 1. The Morgan fingerprint density at radius 3 is 2.67 bits per heavy atom. The summed E-state index contributed by atoms with van der Waals surface area (Å²) in [6, 6.07) is 24.3. The molecule has 6 rings (SSSR count). The number of H-pyrrole nitrogens is 1. The molecule has 198 valence electrons. The van der Waals surface area contributed by atoms with Gasteiger partial charge in [0.05, 0.1) is 34.2 Å². The number of nitrogens with zero attached hydrogens (tertiary/aromatic N) is 2. The van der Waals surface area contributed by atoms with E-state index in [1.807, 2.05) is 43.3 Å². The zero-order valence-corrected chi connectivity index (χ0v) is 21.0. The number of imidazole rings is 1. The maximum Gasteiger partial charge on any atom is 0.250 e. The summed E-state index contributed by atoms with van der Waals surface area (Å²) < 4.78 is 21.3. The molecular weight excluding hydrogens is 493 g/mol. The predicted octanol–water partition coefficient (Wildman–Crippen LogP) is 6.65. The van der Waals surface area contributed by atoms with Crippen molar-refractivity contribution in [1.29, 1.82) is 0 Å². The maximum absolute atomic E-state index is 13.8. The van der Waals surface area contributed by atoms with E-state index in [9.17, 15) is 9.18 Å². The highest BCUT2D eigenvalue weighted by Crippen LogP contribution is 2.38. The number of hydrogen-bond donors (Lipinski definition) is 3. The Kier molecular flexibility index (Phi) is 6.80. The van der Waals surface area contributed by atoms with Gasteiger partial charge in [-0.15, -0.1) is 0 Å². The van der Waals surface area contributed by atoms with Crippen molar-refractivity contribution in [3.8, 4) is 17.1 Å². The zero-order valence-electron chi connectivity index (χ0n) is 21.0. The van der Waals surface area contributed by atoms with Crippen LogP contribution in [0, 0.1) is 5.82 Å². The summed E-state index contributed by atoms with van der Waals surface area (Å²) in [7, 11) is 1.64. The van der Waals surface area contributed by atoms with Gasteiger partial charge in [0.1, 0.15) is 11.6 Å². The average molecular weight is 524 g/mol. The lowest BCUT2D eigenvalue weighted by atomic mass is 10.1. The van der Waals surface area contributed by atoms with Gasteiger partial charge in [-0.3, -0.25) is 4.79 Å².